The second-order valence-electron chi connectivity index (χ2n) is 4.07. The molecule has 0 bridgehead atoms. The van der Waals surface area contributed by atoms with Gasteiger partial charge in [-0.1, -0.05) is 36.2 Å². The molecule has 1 aromatic carbocycles. The van der Waals surface area contributed by atoms with E-state index < -0.39 is 18.3 Å². The molecule has 1 aromatic rings. The van der Waals surface area contributed by atoms with E-state index in [-0.39, 0.29) is 6.79 Å². The molecule has 20 heavy (non-hydrogen) atoms. The second kappa shape index (κ2) is 8.44. The lowest BCUT2D eigenvalue weighted by atomic mass is 10.0. The molecule has 0 radical (unpaired) electrons. The number of methoxy groups -OCH3 is 1. The first-order chi connectivity index (χ1) is 9.51. The Hall–Kier alpha value is -0.850. The molecule has 0 aromatic heterocycles. The number of hydrogen-bond donors (Lipinski definition) is 1. The highest BCUT2D eigenvalue weighted by Crippen LogP contribution is 2.36. The van der Waals surface area contributed by atoms with Crippen molar-refractivity contribution in [3.05, 3.63) is 33.8 Å². The van der Waals surface area contributed by atoms with Crippen molar-refractivity contribution < 1.29 is 24.7 Å². The topological polar surface area (TPSA) is 72.4 Å². The second-order valence-corrected chi connectivity index (χ2v) is 4.88. The average molecular weight is 323 g/mol. The lowest BCUT2D eigenvalue weighted by Gasteiger charge is -2.26. The molecule has 1 amide bonds. The standard InChI is InChI=1S/C13H17Cl2NO4/c1-3-10(20-13(16)17)12(19-7-18-2)11-8(14)5-4-6-9(11)15/h4-6,10,12H,3,7H2,1-2H3,(H2,16,17)/p+1/t10-,12+/m1/s1. The van der Waals surface area contributed by atoms with Crippen molar-refractivity contribution in [3.63, 3.8) is 0 Å². The summed E-state index contributed by atoms with van der Waals surface area (Å²) in [5.74, 6) is 0. The number of benzene rings is 1. The molecule has 0 heterocycles. The highest BCUT2D eigenvalue weighted by atomic mass is 35.5. The molecule has 0 saturated heterocycles. The smallest absolute Gasteiger partial charge is 0.414 e. The summed E-state index contributed by atoms with van der Waals surface area (Å²) in [6.45, 7) is 1.89. The Bertz CT molecular complexity index is 436. The van der Waals surface area contributed by atoms with E-state index in [1.807, 2.05) is 6.92 Å². The minimum atomic E-state index is -0.633. The van der Waals surface area contributed by atoms with Gasteiger partial charge < -0.3 is 14.2 Å². The van der Waals surface area contributed by atoms with Crippen molar-refractivity contribution >= 4 is 29.3 Å². The van der Waals surface area contributed by atoms with Gasteiger partial charge in [-0.3, -0.25) is 5.73 Å². The fraction of sp³-hybridized carbons (Fsp3) is 0.462. The maximum absolute atomic E-state index is 11.1. The van der Waals surface area contributed by atoms with E-state index in [2.05, 4.69) is 5.73 Å². The molecule has 7 heteroatoms. The molecule has 0 aliphatic heterocycles. The van der Waals surface area contributed by atoms with Crippen molar-refractivity contribution in [3.8, 4) is 0 Å². The van der Waals surface area contributed by atoms with Crippen LogP contribution in [0.1, 0.15) is 25.0 Å². The van der Waals surface area contributed by atoms with E-state index in [1.54, 1.807) is 18.2 Å². The van der Waals surface area contributed by atoms with Crippen LogP contribution < -0.4 is 5.73 Å². The summed E-state index contributed by atoms with van der Waals surface area (Å²) in [5, 5.41) is 0.884. The van der Waals surface area contributed by atoms with Crippen LogP contribution >= 0.6 is 23.2 Å². The fourth-order valence-corrected chi connectivity index (χ4v) is 2.44. The quantitative estimate of drug-likeness (QED) is 0.783. The van der Waals surface area contributed by atoms with Crippen molar-refractivity contribution in [2.75, 3.05) is 13.9 Å². The number of hydrogen-bond acceptors (Lipinski definition) is 4. The normalized spacial score (nSPS) is 13.8. The molecule has 0 fully saturated rings. The number of ether oxygens (including phenoxy) is 3. The Morgan fingerprint density at radius 1 is 1.35 bits per heavy atom. The molecule has 0 spiro atoms. The Balaban J connectivity index is 3.12. The maximum Gasteiger partial charge on any atom is 0.511 e. The van der Waals surface area contributed by atoms with Gasteiger partial charge in [0.05, 0.1) is 0 Å². The first kappa shape index (κ1) is 17.2. The molecule has 112 valence electrons. The van der Waals surface area contributed by atoms with E-state index >= 15 is 0 Å². The molecule has 5 nitrogen and oxygen atoms in total. The summed E-state index contributed by atoms with van der Waals surface area (Å²) in [7, 11) is 1.50. The van der Waals surface area contributed by atoms with Crippen LogP contribution in [0.3, 0.4) is 0 Å². The fourth-order valence-electron chi connectivity index (χ4n) is 1.83. The van der Waals surface area contributed by atoms with Crippen LogP contribution in [-0.4, -0.2) is 26.1 Å². The third kappa shape index (κ3) is 4.61. The number of quaternary nitrogens is 1. The largest absolute Gasteiger partial charge is 0.511 e. The Morgan fingerprint density at radius 2 is 1.95 bits per heavy atom. The predicted octanol–water partition coefficient (Wildman–Crippen LogP) is 2.81. The predicted molar refractivity (Wildman–Crippen MR) is 75.6 cm³/mol. The summed E-state index contributed by atoms with van der Waals surface area (Å²) in [6, 6.07) is 5.13. The van der Waals surface area contributed by atoms with Crippen LogP contribution in [0.25, 0.3) is 0 Å². The van der Waals surface area contributed by atoms with Crippen LogP contribution in [0.4, 0.5) is 4.79 Å². The lowest BCUT2D eigenvalue weighted by Crippen LogP contribution is -2.58. The number of amides is 1. The monoisotopic (exact) mass is 322 g/mol. The lowest BCUT2D eigenvalue weighted by molar-refractivity contribution is -0.293. The summed E-state index contributed by atoms with van der Waals surface area (Å²) in [6.07, 6.45) is -1.28. The van der Waals surface area contributed by atoms with Gasteiger partial charge in [0.25, 0.3) is 0 Å². The van der Waals surface area contributed by atoms with Gasteiger partial charge in [0.15, 0.2) is 0 Å². The highest BCUT2D eigenvalue weighted by Gasteiger charge is 2.30. The number of rotatable bonds is 7. The Labute approximate surface area is 127 Å². The summed E-state index contributed by atoms with van der Waals surface area (Å²) >= 11 is 12.4. The number of halogens is 2. The van der Waals surface area contributed by atoms with E-state index in [9.17, 15) is 4.79 Å². The van der Waals surface area contributed by atoms with E-state index in [4.69, 9.17) is 37.4 Å². The van der Waals surface area contributed by atoms with Gasteiger partial charge in [-0.25, -0.2) is 0 Å². The van der Waals surface area contributed by atoms with E-state index in [1.165, 1.54) is 7.11 Å². The zero-order valence-electron chi connectivity index (χ0n) is 11.4. The van der Waals surface area contributed by atoms with Crippen molar-refractivity contribution in [1.29, 1.82) is 0 Å². The van der Waals surface area contributed by atoms with E-state index in [0.717, 1.165) is 0 Å². The molecule has 0 aliphatic carbocycles. The third-order valence-corrected chi connectivity index (χ3v) is 3.33. The highest BCUT2D eigenvalue weighted by molar-refractivity contribution is 6.36. The number of carbonyl (C=O) groups is 1. The van der Waals surface area contributed by atoms with Crippen molar-refractivity contribution in [1.82, 2.24) is 0 Å². The van der Waals surface area contributed by atoms with Gasteiger partial charge in [0.2, 0.25) is 0 Å². The van der Waals surface area contributed by atoms with Gasteiger partial charge in [0.1, 0.15) is 19.0 Å². The van der Waals surface area contributed by atoms with Crippen LogP contribution in [0.2, 0.25) is 10.0 Å². The summed E-state index contributed by atoms with van der Waals surface area (Å²) in [5.41, 5.74) is 3.78. The van der Waals surface area contributed by atoms with Gasteiger partial charge >= 0.3 is 6.09 Å². The maximum atomic E-state index is 11.1. The van der Waals surface area contributed by atoms with Gasteiger partial charge in [-0.15, -0.1) is 0 Å². The molecule has 0 unspecified atom stereocenters. The van der Waals surface area contributed by atoms with Crippen LogP contribution in [0.5, 0.6) is 0 Å². The van der Waals surface area contributed by atoms with E-state index in [0.29, 0.717) is 22.0 Å². The van der Waals surface area contributed by atoms with Crippen molar-refractivity contribution in [2.24, 2.45) is 0 Å². The summed E-state index contributed by atoms with van der Waals surface area (Å²) < 4.78 is 15.7. The van der Waals surface area contributed by atoms with Crippen molar-refractivity contribution in [2.45, 2.75) is 25.6 Å². The Kier molecular flexibility index (Phi) is 7.26. The van der Waals surface area contributed by atoms with Crippen LogP contribution in [0.15, 0.2) is 18.2 Å². The average Bonchev–Trinajstić information content (AvgIpc) is 2.39. The first-order valence-electron chi connectivity index (χ1n) is 6.08. The molecule has 0 saturated carbocycles. The first-order valence-corrected chi connectivity index (χ1v) is 6.83. The SMILES string of the molecule is CC[C@@H](OC([NH3+])=O)[C@H](OCOC)c1c(Cl)cccc1Cl. The van der Waals surface area contributed by atoms with Gasteiger partial charge in [-0.2, -0.15) is 4.79 Å². The van der Waals surface area contributed by atoms with Crippen LogP contribution in [-0.2, 0) is 14.2 Å². The Morgan fingerprint density at radius 3 is 2.40 bits per heavy atom. The minimum Gasteiger partial charge on any atom is -0.414 e. The zero-order chi connectivity index (χ0) is 15.1. The van der Waals surface area contributed by atoms with Gasteiger partial charge in [0, 0.05) is 22.7 Å². The van der Waals surface area contributed by atoms with Gasteiger partial charge in [-0.05, 0) is 18.6 Å². The molecular weight excluding hydrogens is 305 g/mol. The summed E-state index contributed by atoms with van der Waals surface area (Å²) in [4.78, 5) is 11.1. The molecule has 1 rings (SSSR count). The molecule has 0 aliphatic rings. The number of carbonyl (C=O) groups excluding carboxylic acids is 1. The third-order valence-electron chi connectivity index (χ3n) is 2.67. The molecule has 3 N–H and O–H groups in total. The minimum absolute atomic E-state index is 0.0252. The van der Waals surface area contributed by atoms with Crippen LogP contribution in [0, 0.1) is 0 Å². The zero-order valence-corrected chi connectivity index (χ0v) is 12.9. The molecule has 2 atom stereocenters. The molecular formula is C13H18Cl2NO4+.